The molecule has 1 aromatic heterocycles. The van der Waals surface area contributed by atoms with Crippen LogP contribution in [0.4, 0.5) is 0 Å². The molecule has 3 heteroatoms. The molecule has 2 aromatic rings. The van der Waals surface area contributed by atoms with Gasteiger partial charge in [-0.2, -0.15) is 0 Å². The summed E-state index contributed by atoms with van der Waals surface area (Å²) in [5.74, 6) is 0.194. The smallest absolute Gasteiger partial charge is 0.267 e. The lowest BCUT2D eigenvalue weighted by molar-refractivity contribution is 0.0557. The fourth-order valence-electron chi connectivity index (χ4n) is 1.30. The predicted octanol–water partition coefficient (Wildman–Crippen LogP) is 2.66. The van der Waals surface area contributed by atoms with Gasteiger partial charge in [-0.05, 0) is 31.9 Å². The molecule has 3 nitrogen and oxygen atoms in total. The first-order chi connectivity index (χ1) is 5.63. The van der Waals surface area contributed by atoms with Gasteiger partial charge in [0.1, 0.15) is 0 Å². The summed E-state index contributed by atoms with van der Waals surface area (Å²) >= 11 is 0. The number of phenols is 1. The third-order valence-electron chi connectivity index (χ3n) is 2.45. The number of rotatable bonds is 0. The van der Waals surface area contributed by atoms with E-state index in [1.165, 1.54) is 0 Å². The van der Waals surface area contributed by atoms with Crippen molar-refractivity contribution in [3.63, 3.8) is 0 Å². The van der Waals surface area contributed by atoms with Gasteiger partial charge in [0.2, 0.25) is 5.58 Å². The second-order valence-corrected chi connectivity index (χ2v) is 3.05. The van der Waals surface area contributed by atoms with E-state index in [1.807, 2.05) is 20.8 Å². The van der Waals surface area contributed by atoms with Gasteiger partial charge in [-0.1, -0.05) is 0 Å². The number of aryl methyl sites for hydroxylation is 1. The molecular weight excluding hydrogens is 156 g/mol. The van der Waals surface area contributed by atoms with Crippen molar-refractivity contribution >= 4 is 11.2 Å². The Kier molecular flexibility index (Phi) is 1.25. The molecule has 1 heterocycles. The molecule has 0 saturated carbocycles. The summed E-state index contributed by atoms with van der Waals surface area (Å²) in [6, 6.07) is 0. The van der Waals surface area contributed by atoms with Gasteiger partial charge in [0, 0.05) is 5.56 Å². The summed E-state index contributed by atoms with van der Waals surface area (Å²) in [4.78, 5) is 0. The zero-order chi connectivity index (χ0) is 8.88. The number of fused-ring (bicyclic) bond motifs is 1. The van der Waals surface area contributed by atoms with Crippen molar-refractivity contribution in [3.05, 3.63) is 16.7 Å². The minimum Gasteiger partial charge on any atom is -0.504 e. The molecule has 0 unspecified atom stereocenters. The molecule has 0 atom stereocenters. The summed E-state index contributed by atoms with van der Waals surface area (Å²) in [5.41, 5.74) is 4.07. The molecule has 1 N–H and O–H groups in total. The Hall–Kier alpha value is -1.38. The van der Waals surface area contributed by atoms with Crippen LogP contribution in [-0.2, 0) is 0 Å². The highest BCUT2D eigenvalue weighted by Crippen LogP contribution is 2.36. The van der Waals surface area contributed by atoms with Crippen LogP contribution < -0.4 is 0 Å². The standard InChI is InChI=1S/C9H10O3/c1-4-5(2)7(10)9-8(6(4)3)11-12-9/h10H,1-3H3. The van der Waals surface area contributed by atoms with Crippen LogP contribution in [0, 0.1) is 20.8 Å². The third-order valence-corrected chi connectivity index (χ3v) is 2.45. The Morgan fingerprint density at radius 3 is 1.92 bits per heavy atom. The third kappa shape index (κ3) is 0.656. The number of hydrogen-bond donors (Lipinski definition) is 1. The monoisotopic (exact) mass is 166 g/mol. The molecule has 0 aliphatic rings. The number of benzene rings is 1. The Bertz CT molecular complexity index is 393. The average molecular weight is 166 g/mol. The van der Waals surface area contributed by atoms with Crippen molar-refractivity contribution in [1.29, 1.82) is 0 Å². The molecule has 0 aliphatic carbocycles. The predicted molar refractivity (Wildman–Crippen MR) is 44.4 cm³/mol. The minimum atomic E-state index is 0.194. The quantitative estimate of drug-likeness (QED) is 0.612. The van der Waals surface area contributed by atoms with Crippen molar-refractivity contribution < 1.29 is 14.3 Å². The molecular formula is C9H10O3. The summed E-state index contributed by atoms with van der Waals surface area (Å²) in [6.45, 7) is 5.76. The fraction of sp³-hybridized carbons (Fsp3) is 0.333. The second kappa shape index (κ2) is 2.06. The maximum Gasteiger partial charge on any atom is 0.267 e. The van der Waals surface area contributed by atoms with E-state index in [0.29, 0.717) is 11.2 Å². The lowest BCUT2D eigenvalue weighted by Crippen LogP contribution is -1.91. The Labute approximate surface area is 69.5 Å². The minimum absolute atomic E-state index is 0.194. The molecule has 2 rings (SSSR count). The van der Waals surface area contributed by atoms with Gasteiger partial charge >= 0.3 is 0 Å². The molecule has 0 fully saturated rings. The lowest BCUT2D eigenvalue weighted by atomic mass is 10.0. The number of phenolic OH excluding ortho intramolecular Hbond substituents is 1. The van der Waals surface area contributed by atoms with Gasteiger partial charge in [0.15, 0.2) is 5.75 Å². The number of hydrogen-bond acceptors (Lipinski definition) is 3. The van der Waals surface area contributed by atoms with Crippen LogP contribution in [0.15, 0.2) is 9.15 Å². The Morgan fingerprint density at radius 1 is 0.833 bits per heavy atom. The van der Waals surface area contributed by atoms with Gasteiger partial charge in [0.05, 0.1) is 0 Å². The molecule has 0 radical (unpaired) electrons. The average Bonchev–Trinajstić information content (AvgIpc) is 1.97. The van der Waals surface area contributed by atoms with E-state index in [2.05, 4.69) is 4.58 Å². The van der Waals surface area contributed by atoms with Crippen molar-refractivity contribution in [1.82, 2.24) is 0 Å². The molecule has 0 bridgehead atoms. The highest BCUT2D eigenvalue weighted by Gasteiger charge is 2.18. The molecule has 0 aliphatic heterocycles. The van der Waals surface area contributed by atoms with Crippen LogP contribution in [0.25, 0.3) is 11.2 Å². The van der Waals surface area contributed by atoms with Crippen molar-refractivity contribution in [2.45, 2.75) is 20.8 Å². The van der Waals surface area contributed by atoms with Gasteiger partial charge in [-0.25, -0.2) is 0 Å². The molecule has 0 amide bonds. The van der Waals surface area contributed by atoms with Gasteiger partial charge in [-0.15, -0.1) is 0 Å². The van der Waals surface area contributed by atoms with E-state index < -0.39 is 0 Å². The molecule has 12 heavy (non-hydrogen) atoms. The van der Waals surface area contributed by atoms with E-state index in [9.17, 15) is 5.11 Å². The summed E-state index contributed by atoms with van der Waals surface area (Å²) in [5, 5.41) is 9.54. The second-order valence-electron chi connectivity index (χ2n) is 3.05. The van der Waals surface area contributed by atoms with Crippen LogP contribution in [0.5, 0.6) is 5.75 Å². The normalized spacial score (nSPS) is 11.2. The van der Waals surface area contributed by atoms with Crippen LogP contribution >= 0.6 is 0 Å². The van der Waals surface area contributed by atoms with E-state index in [0.717, 1.165) is 16.7 Å². The van der Waals surface area contributed by atoms with Crippen molar-refractivity contribution in [2.24, 2.45) is 0 Å². The highest BCUT2D eigenvalue weighted by molar-refractivity contribution is 5.83. The van der Waals surface area contributed by atoms with Crippen LogP contribution in [-0.4, -0.2) is 5.11 Å². The van der Waals surface area contributed by atoms with Crippen LogP contribution in [0.3, 0.4) is 0 Å². The first kappa shape index (κ1) is 7.28. The van der Waals surface area contributed by atoms with E-state index in [4.69, 9.17) is 4.58 Å². The summed E-state index contributed by atoms with van der Waals surface area (Å²) < 4.78 is 9.44. The zero-order valence-corrected chi connectivity index (χ0v) is 7.26. The largest absolute Gasteiger partial charge is 0.504 e. The van der Waals surface area contributed by atoms with Gasteiger partial charge in [0.25, 0.3) is 5.58 Å². The fourth-order valence-corrected chi connectivity index (χ4v) is 1.30. The Balaban J connectivity index is 2.92. The first-order valence-corrected chi connectivity index (χ1v) is 3.80. The van der Waals surface area contributed by atoms with Crippen molar-refractivity contribution in [3.8, 4) is 5.75 Å². The summed E-state index contributed by atoms with van der Waals surface area (Å²) in [7, 11) is 0. The number of aromatic hydroxyl groups is 1. The van der Waals surface area contributed by atoms with Crippen LogP contribution in [0.1, 0.15) is 16.7 Å². The maximum absolute atomic E-state index is 9.54. The van der Waals surface area contributed by atoms with E-state index >= 15 is 0 Å². The highest BCUT2D eigenvalue weighted by atomic mass is 17.0. The molecule has 64 valence electrons. The Morgan fingerprint density at radius 2 is 1.42 bits per heavy atom. The van der Waals surface area contributed by atoms with Crippen molar-refractivity contribution in [2.75, 3.05) is 0 Å². The topological polar surface area (TPSA) is 46.5 Å². The molecule has 0 spiro atoms. The zero-order valence-electron chi connectivity index (χ0n) is 7.26. The summed E-state index contributed by atoms with van der Waals surface area (Å²) in [6.07, 6.45) is 0. The van der Waals surface area contributed by atoms with Gasteiger partial charge < -0.3 is 5.11 Å². The van der Waals surface area contributed by atoms with E-state index in [1.54, 1.807) is 0 Å². The van der Waals surface area contributed by atoms with E-state index in [-0.39, 0.29) is 5.75 Å². The molecule has 1 aromatic carbocycles. The maximum atomic E-state index is 9.54. The van der Waals surface area contributed by atoms with Gasteiger partial charge in [-0.3, -0.25) is 9.15 Å². The SMILES string of the molecule is Cc1c(C)c(O)c2ooc2c1C. The lowest BCUT2D eigenvalue weighted by Gasteiger charge is -2.10. The molecule has 0 saturated heterocycles. The van der Waals surface area contributed by atoms with Crippen LogP contribution in [0.2, 0.25) is 0 Å². The first-order valence-electron chi connectivity index (χ1n) is 3.80.